The van der Waals surface area contributed by atoms with Gasteiger partial charge < -0.3 is 14.8 Å². The number of nitrogens with one attached hydrogen (secondary N) is 1. The van der Waals surface area contributed by atoms with Crippen LogP contribution in [-0.2, 0) is 4.79 Å². The second kappa shape index (κ2) is 9.91. The summed E-state index contributed by atoms with van der Waals surface area (Å²) in [4.78, 5) is 12.1. The summed E-state index contributed by atoms with van der Waals surface area (Å²) in [7, 11) is 0. The van der Waals surface area contributed by atoms with E-state index in [9.17, 15) is 10.1 Å². The molecular formula is C18H21N3O3. The molecule has 0 aromatic heterocycles. The fourth-order valence-electron chi connectivity index (χ4n) is 1.83. The van der Waals surface area contributed by atoms with Crippen LogP contribution in [0.25, 0.3) is 6.08 Å². The molecule has 0 bridgehead atoms. The lowest BCUT2D eigenvalue weighted by Gasteiger charge is -2.12. The number of benzene rings is 1. The molecule has 6 nitrogen and oxygen atoms in total. The smallest absolute Gasteiger partial charge is 0.262 e. The van der Waals surface area contributed by atoms with Crippen LogP contribution in [0.15, 0.2) is 23.8 Å². The highest BCUT2D eigenvalue weighted by atomic mass is 16.5. The van der Waals surface area contributed by atoms with Crippen molar-refractivity contribution in [1.29, 1.82) is 10.5 Å². The van der Waals surface area contributed by atoms with Crippen LogP contribution < -0.4 is 14.8 Å². The van der Waals surface area contributed by atoms with Gasteiger partial charge in [0.05, 0.1) is 6.61 Å². The van der Waals surface area contributed by atoms with Crippen molar-refractivity contribution >= 4 is 12.0 Å². The summed E-state index contributed by atoms with van der Waals surface area (Å²) in [5.41, 5.74) is 0.655. The van der Waals surface area contributed by atoms with Gasteiger partial charge in [-0.3, -0.25) is 4.79 Å². The Hall–Kier alpha value is -2.99. The third-order valence-electron chi connectivity index (χ3n) is 3.23. The summed E-state index contributed by atoms with van der Waals surface area (Å²) in [6.07, 6.45) is 2.28. The SMILES string of the molecule is CCOc1cc(/C=C(\C#N)C(=O)N[C@@H](C)CC)ccc1OCC#N. The van der Waals surface area contributed by atoms with Gasteiger partial charge in [0.2, 0.25) is 0 Å². The summed E-state index contributed by atoms with van der Waals surface area (Å²) in [5, 5.41) is 20.6. The van der Waals surface area contributed by atoms with Gasteiger partial charge in [-0.15, -0.1) is 0 Å². The monoisotopic (exact) mass is 327 g/mol. The van der Waals surface area contributed by atoms with Crippen LogP contribution in [-0.4, -0.2) is 25.2 Å². The fraction of sp³-hybridized carbons (Fsp3) is 0.389. The van der Waals surface area contributed by atoms with E-state index in [1.54, 1.807) is 18.2 Å². The van der Waals surface area contributed by atoms with Gasteiger partial charge in [-0.1, -0.05) is 13.0 Å². The molecule has 0 aliphatic carbocycles. The summed E-state index contributed by atoms with van der Waals surface area (Å²) in [6, 6.07) is 8.82. The molecule has 1 atom stereocenters. The lowest BCUT2D eigenvalue weighted by atomic mass is 10.1. The van der Waals surface area contributed by atoms with Crippen LogP contribution in [0.4, 0.5) is 0 Å². The minimum atomic E-state index is -0.408. The lowest BCUT2D eigenvalue weighted by molar-refractivity contribution is -0.117. The number of hydrogen-bond donors (Lipinski definition) is 1. The van der Waals surface area contributed by atoms with Crippen molar-refractivity contribution in [3.05, 3.63) is 29.3 Å². The summed E-state index contributed by atoms with van der Waals surface area (Å²) < 4.78 is 10.8. The Labute approximate surface area is 142 Å². The average Bonchev–Trinajstić information content (AvgIpc) is 2.58. The Bertz CT molecular complexity index is 684. The first-order valence-electron chi connectivity index (χ1n) is 7.74. The molecule has 0 aliphatic heterocycles. The van der Waals surface area contributed by atoms with Crippen molar-refractivity contribution in [1.82, 2.24) is 5.32 Å². The molecule has 1 rings (SSSR count). The maximum absolute atomic E-state index is 12.1. The lowest BCUT2D eigenvalue weighted by Crippen LogP contribution is -2.32. The van der Waals surface area contributed by atoms with E-state index in [-0.39, 0.29) is 18.2 Å². The normalized spacial score (nSPS) is 11.8. The molecule has 126 valence electrons. The number of hydrogen-bond acceptors (Lipinski definition) is 5. The van der Waals surface area contributed by atoms with E-state index in [1.807, 2.05) is 32.9 Å². The van der Waals surface area contributed by atoms with Gasteiger partial charge in [0.15, 0.2) is 18.1 Å². The standard InChI is InChI=1S/C18H21N3O3/c1-4-13(3)21-18(22)15(12-20)10-14-6-7-16(24-9-8-19)17(11-14)23-5-2/h6-7,10-11,13H,4-5,9H2,1-3H3,(H,21,22)/b15-10+/t13-/m0/s1. The van der Waals surface area contributed by atoms with E-state index in [4.69, 9.17) is 14.7 Å². The van der Waals surface area contributed by atoms with Gasteiger partial charge >= 0.3 is 0 Å². The zero-order valence-corrected chi connectivity index (χ0v) is 14.1. The second-order valence-electron chi connectivity index (χ2n) is 5.04. The predicted octanol–water partition coefficient (Wildman–Crippen LogP) is 2.81. The molecule has 6 heteroatoms. The zero-order valence-electron chi connectivity index (χ0n) is 14.1. The summed E-state index contributed by atoms with van der Waals surface area (Å²) >= 11 is 0. The number of nitrogens with zero attached hydrogens (tertiary/aromatic N) is 2. The van der Waals surface area contributed by atoms with Gasteiger partial charge in [0.25, 0.3) is 5.91 Å². The molecule has 0 heterocycles. The van der Waals surface area contributed by atoms with Crippen molar-refractivity contribution in [3.8, 4) is 23.6 Å². The number of carbonyl (C=O) groups excluding carboxylic acids is 1. The maximum atomic E-state index is 12.1. The number of nitriles is 2. The fourth-order valence-corrected chi connectivity index (χ4v) is 1.83. The molecule has 1 aromatic carbocycles. The summed E-state index contributed by atoms with van der Waals surface area (Å²) in [5.74, 6) is 0.494. The van der Waals surface area contributed by atoms with Crippen molar-refractivity contribution in [3.63, 3.8) is 0 Å². The van der Waals surface area contributed by atoms with Gasteiger partial charge in [-0.2, -0.15) is 10.5 Å². The quantitative estimate of drug-likeness (QED) is 0.585. The second-order valence-corrected chi connectivity index (χ2v) is 5.04. The van der Waals surface area contributed by atoms with E-state index in [2.05, 4.69) is 5.32 Å². The largest absolute Gasteiger partial charge is 0.490 e. The molecule has 0 unspecified atom stereocenters. The predicted molar refractivity (Wildman–Crippen MR) is 90.2 cm³/mol. The summed E-state index contributed by atoms with van der Waals surface area (Å²) in [6.45, 7) is 6.00. The zero-order chi connectivity index (χ0) is 17.9. The van der Waals surface area contributed by atoms with Crippen LogP contribution in [0.2, 0.25) is 0 Å². The van der Waals surface area contributed by atoms with Crippen LogP contribution in [0.1, 0.15) is 32.8 Å². The van der Waals surface area contributed by atoms with Crippen molar-refractivity contribution < 1.29 is 14.3 Å². The Morgan fingerprint density at radius 3 is 2.62 bits per heavy atom. The third kappa shape index (κ3) is 5.66. The van der Waals surface area contributed by atoms with Crippen molar-refractivity contribution in [2.45, 2.75) is 33.2 Å². The van der Waals surface area contributed by atoms with Gasteiger partial charge in [-0.25, -0.2) is 0 Å². The molecule has 1 N–H and O–H groups in total. The Morgan fingerprint density at radius 2 is 2.04 bits per heavy atom. The molecule has 0 radical (unpaired) electrons. The highest BCUT2D eigenvalue weighted by molar-refractivity contribution is 6.01. The Morgan fingerprint density at radius 1 is 1.29 bits per heavy atom. The highest BCUT2D eigenvalue weighted by Crippen LogP contribution is 2.29. The molecule has 0 saturated heterocycles. The molecule has 0 saturated carbocycles. The molecule has 0 spiro atoms. The first kappa shape index (κ1) is 19.1. The molecule has 24 heavy (non-hydrogen) atoms. The Balaban J connectivity index is 3.07. The van der Waals surface area contributed by atoms with E-state index in [1.165, 1.54) is 6.08 Å². The van der Waals surface area contributed by atoms with E-state index in [0.717, 1.165) is 6.42 Å². The minimum absolute atomic E-state index is 0.00464. The van der Waals surface area contributed by atoms with Gasteiger partial charge in [-0.05, 0) is 44.0 Å². The van der Waals surface area contributed by atoms with Crippen LogP contribution >= 0.6 is 0 Å². The molecule has 0 fully saturated rings. The Kier molecular flexibility index (Phi) is 7.87. The van der Waals surface area contributed by atoms with E-state index >= 15 is 0 Å². The first-order chi connectivity index (χ1) is 11.5. The highest BCUT2D eigenvalue weighted by Gasteiger charge is 2.12. The van der Waals surface area contributed by atoms with Crippen LogP contribution in [0.3, 0.4) is 0 Å². The maximum Gasteiger partial charge on any atom is 0.262 e. The molecule has 1 amide bonds. The van der Waals surface area contributed by atoms with Gasteiger partial charge in [0, 0.05) is 6.04 Å². The van der Waals surface area contributed by atoms with Crippen LogP contribution in [0, 0.1) is 22.7 Å². The van der Waals surface area contributed by atoms with Crippen LogP contribution in [0.5, 0.6) is 11.5 Å². The molecule has 0 aliphatic rings. The number of ether oxygens (including phenoxy) is 2. The van der Waals surface area contributed by atoms with E-state index < -0.39 is 5.91 Å². The molecular weight excluding hydrogens is 306 g/mol. The van der Waals surface area contributed by atoms with Crippen molar-refractivity contribution in [2.24, 2.45) is 0 Å². The topological polar surface area (TPSA) is 95.1 Å². The first-order valence-corrected chi connectivity index (χ1v) is 7.74. The third-order valence-corrected chi connectivity index (χ3v) is 3.23. The minimum Gasteiger partial charge on any atom is -0.490 e. The van der Waals surface area contributed by atoms with E-state index in [0.29, 0.717) is 23.7 Å². The average molecular weight is 327 g/mol. The number of rotatable bonds is 8. The molecule has 1 aromatic rings. The number of carbonyl (C=O) groups is 1. The van der Waals surface area contributed by atoms with Gasteiger partial charge in [0.1, 0.15) is 17.7 Å². The number of amides is 1. The van der Waals surface area contributed by atoms with Crippen molar-refractivity contribution in [2.75, 3.05) is 13.2 Å².